The first-order valence-corrected chi connectivity index (χ1v) is 10.8. The second kappa shape index (κ2) is 5.67. The van der Waals surface area contributed by atoms with Crippen molar-refractivity contribution in [1.82, 2.24) is 14.5 Å². The van der Waals surface area contributed by atoms with Gasteiger partial charge in [0.05, 0.1) is 5.69 Å². The first-order valence-electron chi connectivity index (χ1n) is 10.8. The minimum Gasteiger partial charge on any atom is -0.356 e. The van der Waals surface area contributed by atoms with Crippen molar-refractivity contribution < 1.29 is 4.79 Å². The van der Waals surface area contributed by atoms with Gasteiger partial charge in [0.1, 0.15) is 5.54 Å². The average Bonchev–Trinajstić information content (AvgIpc) is 3.44. The highest BCUT2D eigenvalue weighted by molar-refractivity contribution is 6.04. The van der Waals surface area contributed by atoms with Gasteiger partial charge in [-0.2, -0.15) is 0 Å². The third-order valence-corrected chi connectivity index (χ3v) is 7.24. The molecular weight excluding hydrogens is 382 g/mol. The summed E-state index contributed by atoms with van der Waals surface area (Å²) >= 11 is 0. The Balaban J connectivity index is 1.70. The van der Waals surface area contributed by atoms with Gasteiger partial charge >= 0.3 is 0 Å². The zero-order valence-electron chi connectivity index (χ0n) is 17.2. The Labute approximate surface area is 179 Å². The summed E-state index contributed by atoms with van der Waals surface area (Å²) in [6.45, 7) is 0.700. The number of aromatic amines is 1. The first kappa shape index (κ1) is 16.9. The fourth-order valence-corrected chi connectivity index (χ4v) is 6.01. The highest BCUT2D eigenvalue weighted by Gasteiger charge is 2.56. The van der Waals surface area contributed by atoms with Gasteiger partial charge in [-0.05, 0) is 30.2 Å². The van der Waals surface area contributed by atoms with Gasteiger partial charge in [-0.15, -0.1) is 0 Å². The fraction of sp³-hybridized carbons (Fsp3) is 0.148. The van der Waals surface area contributed by atoms with Crippen molar-refractivity contribution in [3.8, 4) is 0 Å². The van der Waals surface area contributed by atoms with Gasteiger partial charge in [0.2, 0.25) is 0 Å². The van der Waals surface area contributed by atoms with E-state index >= 15 is 0 Å². The Kier molecular flexibility index (Phi) is 3.10. The Morgan fingerprint density at radius 2 is 1.61 bits per heavy atom. The van der Waals surface area contributed by atoms with Crippen molar-refractivity contribution in [3.63, 3.8) is 0 Å². The molecule has 0 saturated heterocycles. The fourth-order valence-electron chi connectivity index (χ4n) is 6.01. The van der Waals surface area contributed by atoms with E-state index in [0.29, 0.717) is 6.54 Å². The van der Waals surface area contributed by atoms with Crippen LogP contribution >= 0.6 is 0 Å². The molecule has 0 bridgehead atoms. The molecule has 2 aromatic heterocycles. The minimum absolute atomic E-state index is 0.118. The summed E-state index contributed by atoms with van der Waals surface area (Å²) in [6, 6.07) is 25.1. The lowest BCUT2D eigenvalue weighted by atomic mass is 9.76. The predicted molar refractivity (Wildman–Crippen MR) is 122 cm³/mol. The van der Waals surface area contributed by atoms with Crippen LogP contribution < -0.4 is 0 Å². The number of amides is 1. The first-order chi connectivity index (χ1) is 15.2. The molecule has 0 radical (unpaired) electrons. The minimum atomic E-state index is -0.652. The van der Waals surface area contributed by atoms with Gasteiger partial charge in [-0.3, -0.25) is 4.79 Å². The van der Waals surface area contributed by atoms with Crippen molar-refractivity contribution in [2.24, 2.45) is 7.05 Å². The summed E-state index contributed by atoms with van der Waals surface area (Å²) < 4.78 is 2.18. The summed E-state index contributed by atoms with van der Waals surface area (Å²) in [5.74, 6) is 0.118. The van der Waals surface area contributed by atoms with E-state index in [-0.39, 0.29) is 5.91 Å². The topological polar surface area (TPSA) is 41.0 Å². The molecule has 0 spiro atoms. The van der Waals surface area contributed by atoms with Crippen LogP contribution in [-0.4, -0.2) is 26.9 Å². The number of hydrogen-bond acceptors (Lipinski definition) is 1. The largest absolute Gasteiger partial charge is 0.356 e. The molecule has 0 fully saturated rings. The summed E-state index contributed by atoms with van der Waals surface area (Å²) in [4.78, 5) is 19.5. The van der Waals surface area contributed by atoms with Crippen LogP contribution in [0.5, 0.6) is 0 Å². The average molecular weight is 403 g/mol. The number of carbonyl (C=O) groups excluding carboxylic acids is 1. The molecule has 4 nitrogen and oxygen atoms in total. The summed E-state index contributed by atoms with van der Waals surface area (Å²) in [5, 5.41) is 2.44. The number of para-hydroxylation sites is 2. The van der Waals surface area contributed by atoms with E-state index in [1.165, 1.54) is 21.9 Å². The van der Waals surface area contributed by atoms with Crippen LogP contribution in [0, 0.1) is 0 Å². The highest BCUT2D eigenvalue weighted by atomic mass is 16.2. The monoisotopic (exact) mass is 403 g/mol. The van der Waals surface area contributed by atoms with Crippen LogP contribution in [0.3, 0.4) is 0 Å². The van der Waals surface area contributed by atoms with Gasteiger partial charge in [-0.1, -0.05) is 54.6 Å². The molecule has 3 aromatic carbocycles. The van der Waals surface area contributed by atoms with E-state index in [9.17, 15) is 4.79 Å². The Morgan fingerprint density at radius 3 is 2.52 bits per heavy atom. The number of aromatic nitrogens is 2. The van der Waals surface area contributed by atoms with Crippen LogP contribution in [0.1, 0.15) is 32.7 Å². The number of hydrogen-bond donors (Lipinski definition) is 1. The van der Waals surface area contributed by atoms with E-state index in [1.54, 1.807) is 0 Å². The van der Waals surface area contributed by atoms with Crippen LogP contribution in [-0.2, 0) is 19.0 Å². The number of carbonyl (C=O) groups is 1. The molecule has 4 heterocycles. The Morgan fingerprint density at radius 1 is 0.871 bits per heavy atom. The van der Waals surface area contributed by atoms with Crippen molar-refractivity contribution in [3.05, 3.63) is 107 Å². The Bertz CT molecular complexity index is 1540. The Hall–Kier alpha value is -3.79. The summed E-state index contributed by atoms with van der Waals surface area (Å²) in [5.41, 5.74) is 7.15. The van der Waals surface area contributed by atoms with E-state index in [2.05, 4.69) is 88.4 Å². The van der Waals surface area contributed by atoms with Gasteiger partial charge in [0, 0.05) is 58.3 Å². The molecule has 4 heteroatoms. The van der Waals surface area contributed by atoms with Crippen LogP contribution in [0.4, 0.5) is 0 Å². The second-order valence-electron chi connectivity index (χ2n) is 8.66. The number of nitrogens with zero attached hydrogens (tertiary/aromatic N) is 2. The van der Waals surface area contributed by atoms with Gasteiger partial charge in [0.15, 0.2) is 0 Å². The molecule has 2 aliphatic heterocycles. The maximum atomic E-state index is 13.7. The van der Waals surface area contributed by atoms with E-state index < -0.39 is 5.54 Å². The van der Waals surface area contributed by atoms with Gasteiger partial charge in [0.25, 0.3) is 5.91 Å². The zero-order chi connectivity index (χ0) is 20.7. The SMILES string of the molecule is Cn1cc([C@@]23c4ccccc4C(=O)N2CCc2c3[nH]c3ccccc23)c2ccccc21. The molecule has 5 aromatic rings. The third kappa shape index (κ3) is 1.89. The molecule has 2 aliphatic rings. The number of aryl methyl sites for hydroxylation is 1. The van der Waals surface area contributed by atoms with Crippen LogP contribution in [0.15, 0.2) is 79.0 Å². The van der Waals surface area contributed by atoms with Crippen LogP contribution in [0.25, 0.3) is 21.8 Å². The number of rotatable bonds is 1. The van der Waals surface area contributed by atoms with Crippen molar-refractivity contribution >= 4 is 27.7 Å². The normalized spacial score (nSPS) is 19.6. The second-order valence-corrected chi connectivity index (χ2v) is 8.66. The van der Waals surface area contributed by atoms with E-state index in [0.717, 1.165) is 34.3 Å². The zero-order valence-corrected chi connectivity index (χ0v) is 17.2. The van der Waals surface area contributed by atoms with E-state index in [4.69, 9.17) is 0 Å². The number of fused-ring (bicyclic) bond motifs is 8. The van der Waals surface area contributed by atoms with E-state index in [1.807, 2.05) is 12.1 Å². The van der Waals surface area contributed by atoms with Crippen molar-refractivity contribution in [1.29, 1.82) is 0 Å². The predicted octanol–water partition coefficient (Wildman–Crippen LogP) is 4.96. The molecular formula is C27H21N3O. The summed E-state index contributed by atoms with van der Waals surface area (Å²) in [6.07, 6.45) is 3.07. The van der Waals surface area contributed by atoms with Crippen LogP contribution in [0.2, 0.25) is 0 Å². The van der Waals surface area contributed by atoms with Crippen molar-refractivity contribution in [2.75, 3.05) is 6.54 Å². The number of benzene rings is 3. The maximum Gasteiger partial charge on any atom is 0.255 e. The molecule has 31 heavy (non-hydrogen) atoms. The highest BCUT2D eigenvalue weighted by Crippen LogP contribution is 2.54. The smallest absolute Gasteiger partial charge is 0.255 e. The van der Waals surface area contributed by atoms with Crippen molar-refractivity contribution in [2.45, 2.75) is 12.0 Å². The lowest BCUT2D eigenvalue weighted by Gasteiger charge is -2.43. The lowest BCUT2D eigenvalue weighted by molar-refractivity contribution is 0.0657. The molecule has 1 atom stereocenters. The summed E-state index contributed by atoms with van der Waals surface area (Å²) in [7, 11) is 2.09. The molecule has 1 amide bonds. The van der Waals surface area contributed by atoms with Gasteiger partial charge < -0.3 is 14.5 Å². The number of H-pyrrole nitrogens is 1. The maximum absolute atomic E-state index is 13.7. The molecule has 0 saturated carbocycles. The molecule has 0 aliphatic carbocycles. The molecule has 7 rings (SSSR count). The molecule has 1 N–H and O–H groups in total. The number of nitrogens with one attached hydrogen (secondary N) is 1. The van der Waals surface area contributed by atoms with Gasteiger partial charge in [-0.25, -0.2) is 0 Å². The quantitative estimate of drug-likeness (QED) is 0.422. The molecule has 150 valence electrons. The standard InChI is InChI=1S/C27H21N3O/c1-29-16-22(19-9-4-7-13-24(19)29)27-21-11-5-2-10-20(21)26(31)30(27)15-14-18-17-8-3-6-12-23(17)28-25(18)27/h2-13,16,28H,14-15H2,1H3/t27-/m1/s1. The molecule has 0 unspecified atom stereocenters. The lowest BCUT2D eigenvalue weighted by Crippen LogP contribution is -2.50. The third-order valence-electron chi connectivity index (χ3n) is 7.24.